The number of likely N-dealkylation sites (tertiary alicyclic amines) is 2. The van der Waals surface area contributed by atoms with Crippen molar-refractivity contribution in [3.8, 4) is 17.2 Å². The molecule has 5 aromatic rings. The average Bonchev–Trinajstić information content (AvgIpc) is 3.75. The fourth-order valence-electron chi connectivity index (χ4n) is 8.19. The van der Waals surface area contributed by atoms with E-state index < -0.39 is 27.7 Å². The Bertz CT molecular complexity index is 2370. The van der Waals surface area contributed by atoms with Crippen LogP contribution in [0.15, 0.2) is 78.9 Å². The number of benzene rings is 4. The number of piperidine rings is 1. The van der Waals surface area contributed by atoms with Crippen molar-refractivity contribution in [1.82, 2.24) is 19.4 Å². The van der Waals surface area contributed by atoms with Gasteiger partial charge in [-0.05, 0) is 91.9 Å². The standard InChI is InChI=1S/C42H46Cl2FN5O7S/c1-54-36-23-28(24-37(55-2)38(36)56-3)39(51)49-22-18-42(40(49)57-58(4,52)53,29-11-14-32(43)33(44)25-29)17-21-48-19-15-31(16-20-48)46-41-47-34-7-5-6-8-35(34)50(41)26-27-9-12-30(45)13-10-27/h5-14,23-25,31,40H,15-22,26H2,1-4H3,(H,46,47). The number of imidazole rings is 1. The normalized spacial score (nSPS) is 19.1. The van der Waals surface area contributed by atoms with Crippen LogP contribution >= 0.6 is 23.2 Å². The van der Waals surface area contributed by atoms with Crippen molar-refractivity contribution < 1.29 is 36.0 Å². The van der Waals surface area contributed by atoms with Gasteiger partial charge in [-0.2, -0.15) is 8.42 Å². The molecule has 7 rings (SSSR count). The summed E-state index contributed by atoms with van der Waals surface area (Å²) in [5.74, 6) is 0.894. The van der Waals surface area contributed by atoms with Crippen molar-refractivity contribution in [1.29, 1.82) is 0 Å². The monoisotopic (exact) mass is 853 g/mol. The Morgan fingerprint density at radius 2 is 1.60 bits per heavy atom. The highest BCUT2D eigenvalue weighted by molar-refractivity contribution is 7.86. The molecule has 1 N–H and O–H groups in total. The van der Waals surface area contributed by atoms with Crippen LogP contribution in [-0.2, 0) is 26.3 Å². The summed E-state index contributed by atoms with van der Waals surface area (Å²) >= 11 is 13.0. The van der Waals surface area contributed by atoms with Gasteiger partial charge in [0.25, 0.3) is 16.0 Å². The highest BCUT2D eigenvalue weighted by Gasteiger charge is 2.53. The van der Waals surface area contributed by atoms with Gasteiger partial charge in [0.05, 0.1) is 55.2 Å². The summed E-state index contributed by atoms with van der Waals surface area (Å²) in [5.41, 5.74) is 2.77. The Balaban J connectivity index is 1.12. The van der Waals surface area contributed by atoms with Crippen LogP contribution in [0.2, 0.25) is 10.0 Å². The van der Waals surface area contributed by atoms with Crippen molar-refractivity contribution in [3.05, 3.63) is 111 Å². The summed E-state index contributed by atoms with van der Waals surface area (Å²) in [6, 6.07) is 22.9. The van der Waals surface area contributed by atoms with Crippen molar-refractivity contribution >= 4 is 56.2 Å². The third-order valence-corrected chi connectivity index (χ3v) is 12.5. The maximum atomic E-state index is 14.4. The second-order valence-electron chi connectivity index (χ2n) is 14.7. The van der Waals surface area contributed by atoms with E-state index in [1.165, 1.54) is 50.5 Å². The molecule has 2 aliphatic rings. The van der Waals surface area contributed by atoms with E-state index in [0.29, 0.717) is 47.3 Å². The Kier molecular flexibility index (Phi) is 12.4. The molecule has 0 saturated carbocycles. The third kappa shape index (κ3) is 8.71. The number of halogens is 3. The Morgan fingerprint density at radius 3 is 2.24 bits per heavy atom. The van der Waals surface area contributed by atoms with Gasteiger partial charge in [0.15, 0.2) is 17.7 Å². The second kappa shape index (κ2) is 17.3. The summed E-state index contributed by atoms with van der Waals surface area (Å²) < 4.78 is 64.2. The first kappa shape index (κ1) is 41.6. The van der Waals surface area contributed by atoms with Gasteiger partial charge in [0.1, 0.15) is 5.82 Å². The predicted molar refractivity (Wildman–Crippen MR) is 223 cm³/mol. The van der Waals surface area contributed by atoms with Crippen LogP contribution < -0.4 is 19.5 Å². The quantitative estimate of drug-likeness (QED) is 0.112. The van der Waals surface area contributed by atoms with Gasteiger partial charge in [-0.1, -0.05) is 53.5 Å². The number of aromatic nitrogens is 2. The van der Waals surface area contributed by atoms with Gasteiger partial charge < -0.3 is 33.9 Å². The van der Waals surface area contributed by atoms with E-state index in [9.17, 15) is 17.6 Å². The molecule has 2 fully saturated rings. The minimum Gasteiger partial charge on any atom is -0.493 e. The molecular formula is C42H46Cl2FN5O7S. The molecular weight excluding hydrogens is 808 g/mol. The lowest BCUT2D eigenvalue weighted by atomic mass is 9.75. The van der Waals surface area contributed by atoms with E-state index >= 15 is 0 Å². The first-order valence-electron chi connectivity index (χ1n) is 19.0. The smallest absolute Gasteiger partial charge is 0.266 e. The molecule has 2 unspecified atom stereocenters. The fourth-order valence-corrected chi connectivity index (χ4v) is 9.11. The third-order valence-electron chi connectivity index (χ3n) is 11.2. The number of methoxy groups -OCH3 is 3. The van der Waals surface area contributed by atoms with Gasteiger partial charge in [-0.25, -0.2) is 13.6 Å². The lowest BCUT2D eigenvalue weighted by molar-refractivity contribution is 0.0138. The Morgan fingerprint density at radius 1 is 0.914 bits per heavy atom. The van der Waals surface area contributed by atoms with Gasteiger partial charge in [0.2, 0.25) is 11.7 Å². The maximum Gasteiger partial charge on any atom is 0.266 e. The number of nitrogens with one attached hydrogen (secondary N) is 1. The minimum absolute atomic E-state index is 0.142. The van der Waals surface area contributed by atoms with Crippen LogP contribution in [0.5, 0.6) is 17.2 Å². The molecule has 0 radical (unpaired) electrons. The molecule has 0 bridgehead atoms. The van der Waals surface area contributed by atoms with Gasteiger partial charge in [-0.15, -0.1) is 0 Å². The second-order valence-corrected chi connectivity index (χ2v) is 17.2. The Labute approximate surface area is 347 Å². The molecule has 0 aliphatic carbocycles. The van der Waals surface area contributed by atoms with Crippen LogP contribution in [0.4, 0.5) is 10.3 Å². The summed E-state index contributed by atoms with van der Waals surface area (Å²) in [4.78, 5) is 23.1. The first-order chi connectivity index (χ1) is 27.8. The number of hydrogen-bond donors (Lipinski definition) is 1. The molecule has 2 saturated heterocycles. The largest absolute Gasteiger partial charge is 0.493 e. The zero-order chi connectivity index (χ0) is 41.2. The molecule has 1 aromatic heterocycles. The fraction of sp³-hybridized carbons (Fsp3) is 0.381. The zero-order valence-corrected chi connectivity index (χ0v) is 35.0. The topological polar surface area (TPSA) is 124 Å². The lowest BCUT2D eigenvalue weighted by Crippen LogP contribution is -2.50. The SMILES string of the molecule is COc1cc(C(=O)N2CCC(CCN3CCC(Nc4nc5ccccc5n4Cc4ccc(F)cc4)CC3)(c3ccc(Cl)c(Cl)c3)C2OS(C)(=O)=O)cc(OC)c1OC. The number of ether oxygens (including phenoxy) is 3. The van der Waals surface area contributed by atoms with E-state index in [4.69, 9.17) is 46.6 Å². The van der Waals surface area contributed by atoms with Crippen LogP contribution in [0.25, 0.3) is 11.0 Å². The maximum absolute atomic E-state index is 14.4. The minimum atomic E-state index is -4.07. The van der Waals surface area contributed by atoms with E-state index in [1.54, 1.807) is 24.3 Å². The number of hydrogen-bond acceptors (Lipinski definition) is 10. The number of rotatable bonds is 14. The van der Waals surface area contributed by atoms with Crippen LogP contribution in [0.1, 0.15) is 47.2 Å². The number of anilines is 1. The molecule has 4 aromatic carbocycles. The summed E-state index contributed by atoms with van der Waals surface area (Å²) in [5, 5.41) is 4.35. The van der Waals surface area contributed by atoms with Gasteiger partial charge >= 0.3 is 0 Å². The lowest BCUT2D eigenvalue weighted by Gasteiger charge is -2.40. The number of nitrogens with zero attached hydrogens (tertiary/aromatic N) is 4. The number of amides is 1. The summed E-state index contributed by atoms with van der Waals surface area (Å²) in [6.07, 6.45) is 2.28. The highest BCUT2D eigenvalue weighted by atomic mass is 35.5. The summed E-state index contributed by atoms with van der Waals surface area (Å²) in [7, 11) is 0.309. The average molecular weight is 855 g/mol. The van der Waals surface area contributed by atoms with Gasteiger partial charge in [0, 0.05) is 36.7 Å². The number of carbonyl (C=O) groups is 1. The Hall–Kier alpha value is -4.60. The first-order valence-corrected chi connectivity index (χ1v) is 21.5. The zero-order valence-electron chi connectivity index (χ0n) is 32.7. The molecule has 308 valence electrons. The molecule has 1 amide bonds. The van der Waals surface area contributed by atoms with E-state index in [0.717, 1.165) is 54.7 Å². The van der Waals surface area contributed by atoms with E-state index in [1.807, 2.05) is 30.3 Å². The molecule has 16 heteroatoms. The molecule has 2 aliphatic heterocycles. The number of para-hydroxylation sites is 2. The predicted octanol–water partition coefficient (Wildman–Crippen LogP) is 7.61. The molecule has 12 nitrogen and oxygen atoms in total. The molecule has 2 atom stereocenters. The molecule has 58 heavy (non-hydrogen) atoms. The molecule has 0 spiro atoms. The van der Waals surface area contributed by atoms with Crippen molar-refractivity contribution in [2.45, 2.75) is 49.9 Å². The van der Waals surface area contributed by atoms with Crippen molar-refractivity contribution in [2.75, 3.05) is 59.1 Å². The van der Waals surface area contributed by atoms with Crippen LogP contribution in [0.3, 0.4) is 0 Å². The van der Waals surface area contributed by atoms with Gasteiger partial charge in [-0.3, -0.25) is 4.79 Å². The van der Waals surface area contributed by atoms with Crippen LogP contribution in [0, 0.1) is 5.82 Å². The number of fused-ring (bicyclic) bond motifs is 1. The van der Waals surface area contributed by atoms with Crippen LogP contribution in [-0.4, -0.2) is 99.7 Å². The molecule has 3 heterocycles. The van der Waals surface area contributed by atoms with E-state index in [2.05, 4.69) is 14.8 Å². The van der Waals surface area contributed by atoms with Crippen molar-refractivity contribution in [3.63, 3.8) is 0 Å². The number of carbonyl (C=O) groups excluding carboxylic acids is 1. The van der Waals surface area contributed by atoms with Crippen molar-refractivity contribution in [2.24, 2.45) is 0 Å². The summed E-state index contributed by atoms with van der Waals surface area (Å²) in [6.45, 7) is 2.85. The highest BCUT2D eigenvalue weighted by Crippen LogP contribution is 2.47. The van der Waals surface area contributed by atoms with E-state index in [-0.39, 0.29) is 35.5 Å².